The number of ether oxygens (including phenoxy) is 1. The Kier molecular flexibility index (Phi) is 2.70. The summed E-state index contributed by atoms with van der Waals surface area (Å²) in [7, 11) is 0. The lowest BCUT2D eigenvalue weighted by atomic mass is 9.97. The van der Waals surface area contributed by atoms with Gasteiger partial charge in [-0.05, 0) is 38.4 Å². The quantitative estimate of drug-likeness (QED) is 0.801. The minimum absolute atomic E-state index is 0.236. The van der Waals surface area contributed by atoms with Crippen LogP contribution in [0.4, 0.5) is 0 Å². The Labute approximate surface area is 91.6 Å². The monoisotopic (exact) mass is 205 g/mol. The van der Waals surface area contributed by atoms with Gasteiger partial charge in [-0.25, -0.2) is 0 Å². The summed E-state index contributed by atoms with van der Waals surface area (Å²) >= 11 is 0. The summed E-state index contributed by atoms with van der Waals surface area (Å²) < 4.78 is 5.92. The molecule has 0 amide bonds. The van der Waals surface area contributed by atoms with Crippen molar-refractivity contribution in [1.82, 2.24) is 5.32 Å². The van der Waals surface area contributed by atoms with Crippen LogP contribution in [0.25, 0.3) is 0 Å². The Morgan fingerprint density at radius 1 is 1.27 bits per heavy atom. The van der Waals surface area contributed by atoms with E-state index in [9.17, 15) is 0 Å². The molecule has 1 aliphatic rings. The fourth-order valence-electron chi connectivity index (χ4n) is 2.33. The molecule has 0 radical (unpaired) electrons. The van der Waals surface area contributed by atoms with Gasteiger partial charge in [-0.15, -0.1) is 0 Å². The van der Waals surface area contributed by atoms with E-state index in [1.165, 1.54) is 16.7 Å². The van der Waals surface area contributed by atoms with Crippen LogP contribution >= 0.6 is 0 Å². The predicted octanol–water partition coefficient (Wildman–Crippen LogP) is 2.73. The van der Waals surface area contributed by atoms with E-state index in [0.29, 0.717) is 6.04 Å². The number of nitrogens with one attached hydrogen (secondary N) is 1. The Hall–Kier alpha value is -1.02. The van der Waals surface area contributed by atoms with Crippen LogP contribution in [0.3, 0.4) is 0 Å². The van der Waals surface area contributed by atoms with Gasteiger partial charge in [0.15, 0.2) is 0 Å². The molecule has 15 heavy (non-hydrogen) atoms. The summed E-state index contributed by atoms with van der Waals surface area (Å²) in [6.07, 6.45) is 0.236. The molecular weight excluding hydrogens is 186 g/mol. The van der Waals surface area contributed by atoms with Gasteiger partial charge in [0, 0.05) is 5.56 Å². The van der Waals surface area contributed by atoms with E-state index in [1.807, 2.05) is 0 Å². The molecular formula is C13H19NO. The van der Waals surface area contributed by atoms with Gasteiger partial charge in [-0.1, -0.05) is 19.1 Å². The maximum absolute atomic E-state index is 5.92. The van der Waals surface area contributed by atoms with Gasteiger partial charge in [0.2, 0.25) is 0 Å². The molecule has 82 valence electrons. The van der Waals surface area contributed by atoms with Crippen molar-refractivity contribution in [2.45, 2.75) is 39.8 Å². The number of likely N-dealkylation sites (N-methyl/N-ethyl adjacent to an activating group) is 1. The maximum atomic E-state index is 5.92. The van der Waals surface area contributed by atoms with Crippen LogP contribution in [0.2, 0.25) is 0 Å². The maximum Gasteiger partial charge on any atom is 0.127 e. The molecule has 1 aliphatic heterocycles. The Bertz CT molecular complexity index is 373. The van der Waals surface area contributed by atoms with Gasteiger partial charge in [0.05, 0.1) is 6.04 Å². The second kappa shape index (κ2) is 3.86. The number of rotatable bonds is 2. The topological polar surface area (TPSA) is 21.3 Å². The van der Waals surface area contributed by atoms with Crippen LogP contribution in [0, 0.1) is 13.8 Å². The molecule has 2 nitrogen and oxygen atoms in total. The van der Waals surface area contributed by atoms with E-state index in [-0.39, 0.29) is 6.10 Å². The van der Waals surface area contributed by atoms with Crippen molar-refractivity contribution in [3.8, 4) is 5.75 Å². The zero-order valence-corrected chi connectivity index (χ0v) is 9.92. The predicted molar refractivity (Wildman–Crippen MR) is 62.4 cm³/mol. The number of hydrogen-bond acceptors (Lipinski definition) is 2. The molecule has 1 aromatic rings. The molecule has 1 N–H and O–H groups in total. The molecule has 0 spiro atoms. The Balaban J connectivity index is 2.47. The second-order valence-corrected chi connectivity index (χ2v) is 4.30. The smallest absolute Gasteiger partial charge is 0.127 e. The molecule has 0 bridgehead atoms. The van der Waals surface area contributed by atoms with E-state index in [2.05, 4.69) is 45.1 Å². The SMILES string of the molecule is CCNC1c2c(C)ccc(C)c2OC1C. The molecule has 2 unspecified atom stereocenters. The van der Waals surface area contributed by atoms with Crippen molar-refractivity contribution in [2.75, 3.05) is 6.54 Å². The van der Waals surface area contributed by atoms with Crippen molar-refractivity contribution in [2.24, 2.45) is 0 Å². The third kappa shape index (κ3) is 1.63. The molecule has 0 aliphatic carbocycles. The van der Waals surface area contributed by atoms with Crippen molar-refractivity contribution in [1.29, 1.82) is 0 Å². The first-order valence-electron chi connectivity index (χ1n) is 5.65. The third-order valence-electron chi connectivity index (χ3n) is 3.12. The molecule has 0 aromatic heterocycles. The molecule has 0 saturated heterocycles. The van der Waals surface area contributed by atoms with Crippen molar-refractivity contribution < 1.29 is 4.74 Å². The summed E-state index contributed by atoms with van der Waals surface area (Å²) in [6, 6.07) is 4.67. The fourth-order valence-corrected chi connectivity index (χ4v) is 2.33. The summed E-state index contributed by atoms with van der Waals surface area (Å²) in [6.45, 7) is 9.51. The standard InChI is InChI=1S/C13H19NO/c1-5-14-12-10(4)15-13-9(3)7-6-8(2)11(12)13/h6-7,10,12,14H,5H2,1-4H3. The molecule has 0 fully saturated rings. The zero-order valence-electron chi connectivity index (χ0n) is 9.92. The minimum Gasteiger partial charge on any atom is -0.488 e. The Morgan fingerprint density at radius 3 is 2.60 bits per heavy atom. The highest BCUT2D eigenvalue weighted by Crippen LogP contribution is 2.40. The van der Waals surface area contributed by atoms with Crippen molar-refractivity contribution in [3.63, 3.8) is 0 Å². The first-order chi connectivity index (χ1) is 7.15. The molecule has 0 saturated carbocycles. The zero-order chi connectivity index (χ0) is 11.0. The fraction of sp³-hybridized carbons (Fsp3) is 0.538. The third-order valence-corrected chi connectivity index (χ3v) is 3.12. The number of aryl methyl sites for hydroxylation is 2. The number of hydrogen-bond donors (Lipinski definition) is 1. The van der Waals surface area contributed by atoms with Crippen molar-refractivity contribution >= 4 is 0 Å². The summed E-state index contributed by atoms with van der Waals surface area (Å²) in [5.41, 5.74) is 3.91. The van der Waals surface area contributed by atoms with E-state index < -0.39 is 0 Å². The van der Waals surface area contributed by atoms with Gasteiger partial charge >= 0.3 is 0 Å². The first kappa shape index (κ1) is 10.5. The van der Waals surface area contributed by atoms with Crippen molar-refractivity contribution in [3.05, 3.63) is 28.8 Å². The highest BCUT2D eigenvalue weighted by atomic mass is 16.5. The number of benzene rings is 1. The Morgan fingerprint density at radius 2 is 1.93 bits per heavy atom. The highest BCUT2D eigenvalue weighted by Gasteiger charge is 2.32. The van der Waals surface area contributed by atoms with Gasteiger partial charge in [-0.3, -0.25) is 0 Å². The lowest BCUT2D eigenvalue weighted by Gasteiger charge is -2.16. The van der Waals surface area contributed by atoms with Crippen LogP contribution in [0.15, 0.2) is 12.1 Å². The highest BCUT2D eigenvalue weighted by molar-refractivity contribution is 5.50. The normalized spacial score (nSPS) is 23.7. The molecule has 1 heterocycles. The van der Waals surface area contributed by atoms with E-state index in [1.54, 1.807) is 0 Å². The van der Waals surface area contributed by atoms with E-state index in [0.717, 1.165) is 12.3 Å². The summed E-state index contributed by atoms with van der Waals surface area (Å²) in [5, 5.41) is 3.49. The molecule has 2 rings (SSSR count). The lowest BCUT2D eigenvalue weighted by molar-refractivity contribution is 0.210. The molecule has 2 atom stereocenters. The lowest BCUT2D eigenvalue weighted by Crippen LogP contribution is -2.28. The molecule has 2 heteroatoms. The summed E-state index contributed by atoms with van der Waals surface area (Å²) in [5.74, 6) is 1.09. The van der Waals surface area contributed by atoms with Gasteiger partial charge < -0.3 is 10.1 Å². The number of fused-ring (bicyclic) bond motifs is 1. The van der Waals surface area contributed by atoms with Crippen LogP contribution in [0.5, 0.6) is 5.75 Å². The average molecular weight is 205 g/mol. The van der Waals surface area contributed by atoms with Crippen LogP contribution in [-0.2, 0) is 0 Å². The largest absolute Gasteiger partial charge is 0.488 e. The summed E-state index contributed by atoms with van der Waals surface area (Å²) in [4.78, 5) is 0. The van der Waals surface area contributed by atoms with Gasteiger partial charge in [-0.2, -0.15) is 0 Å². The average Bonchev–Trinajstić information content (AvgIpc) is 2.53. The van der Waals surface area contributed by atoms with Crippen LogP contribution in [-0.4, -0.2) is 12.6 Å². The van der Waals surface area contributed by atoms with Gasteiger partial charge in [0.25, 0.3) is 0 Å². The van der Waals surface area contributed by atoms with E-state index >= 15 is 0 Å². The second-order valence-electron chi connectivity index (χ2n) is 4.30. The van der Waals surface area contributed by atoms with Crippen LogP contribution in [0.1, 0.15) is 36.6 Å². The molecule has 1 aromatic carbocycles. The van der Waals surface area contributed by atoms with Crippen LogP contribution < -0.4 is 10.1 Å². The van der Waals surface area contributed by atoms with Gasteiger partial charge in [0.1, 0.15) is 11.9 Å². The van der Waals surface area contributed by atoms with E-state index in [4.69, 9.17) is 4.74 Å². The first-order valence-corrected chi connectivity index (χ1v) is 5.65. The minimum atomic E-state index is 0.236.